The molecular formula is C14H20ClNO. The van der Waals surface area contributed by atoms with E-state index in [2.05, 4.69) is 11.4 Å². The van der Waals surface area contributed by atoms with Crippen molar-refractivity contribution in [3.05, 3.63) is 34.9 Å². The first-order valence-electron chi connectivity index (χ1n) is 6.37. The van der Waals surface area contributed by atoms with Gasteiger partial charge in [-0.15, -0.1) is 0 Å². The van der Waals surface area contributed by atoms with Crippen molar-refractivity contribution in [2.75, 3.05) is 19.7 Å². The fourth-order valence-corrected chi connectivity index (χ4v) is 2.44. The van der Waals surface area contributed by atoms with Crippen molar-refractivity contribution in [2.24, 2.45) is 5.92 Å². The lowest BCUT2D eigenvalue weighted by atomic mass is 10.0. The third-order valence-electron chi connectivity index (χ3n) is 3.21. The van der Waals surface area contributed by atoms with Gasteiger partial charge in [-0.25, -0.2) is 0 Å². The minimum atomic E-state index is 0.671. The van der Waals surface area contributed by atoms with Crippen molar-refractivity contribution >= 4 is 11.6 Å². The quantitative estimate of drug-likeness (QED) is 0.890. The van der Waals surface area contributed by atoms with Crippen LogP contribution in [0.25, 0.3) is 0 Å². The molecule has 2 nitrogen and oxygen atoms in total. The van der Waals surface area contributed by atoms with Crippen LogP contribution in [-0.2, 0) is 11.3 Å². The lowest BCUT2D eigenvalue weighted by Crippen LogP contribution is -2.15. The molecule has 1 aliphatic heterocycles. The van der Waals surface area contributed by atoms with E-state index in [1.165, 1.54) is 19.3 Å². The molecule has 0 saturated carbocycles. The van der Waals surface area contributed by atoms with E-state index in [0.29, 0.717) is 12.5 Å². The molecule has 0 aliphatic carbocycles. The highest BCUT2D eigenvalue weighted by molar-refractivity contribution is 6.30. The van der Waals surface area contributed by atoms with E-state index < -0.39 is 0 Å². The van der Waals surface area contributed by atoms with Gasteiger partial charge in [0.25, 0.3) is 0 Å². The number of benzene rings is 1. The van der Waals surface area contributed by atoms with Crippen LogP contribution in [0.15, 0.2) is 24.3 Å². The second-order valence-corrected chi connectivity index (χ2v) is 5.13. The van der Waals surface area contributed by atoms with E-state index in [1.54, 1.807) is 0 Å². The first-order chi connectivity index (χ1) is 8.34. The molecule has 1 aliphatic rings. The predicted molar refractivity (Wildman–Crippen MR) is 71.3 cm³/mol. The third-order valence-corrected chi connectivity index (χ3v) is 3.44. The zero-order valence-electron chi connectivity index (χ0n) is 10.1. The summed E-state index contributed by atoms with van der Waals surface area (Å²) in [6.07, 6.45) is 3.78. The fraction of sp³-hybridized carbons (Fsp3) is 0.571. The lowest BCUT2D eigenvalue weighted by Gasteiger charge is -2.13. The van der Waals surface area contributed by atoms with Crippen LogP contribution < -0.4 is 5.32 Å². The van der Waals surface area contributed by atoms with E-state index >= 15 is 0 Å². The molecular weight excluding hydrogens is 234 g/mol. The maximum atomic E-state index is 5.93. The van der Waals surface area contributed by atoms with Gasteiger partial charge >= 0.3 is 0 Å². The van der Waals surface area contributed by atoms with Crippen LogP contribution in [0, 0.1) is 5.92 Å². The summed E-state index contributed by atoms with van der Waals surface area (Å²) in [5, 5.41) is 4.20. The summed E-state index contributed by atoms with van der Waals surface area (Å²) in [6, 6.07) is 7.88. The molecule has 1 aromatic carbocycles. The van der Waals surface area contributed by atoms with Gasteiger partial charge in [-0.2, -0.15) is 0 Å². The van der Waals surface area contributed by atoms with Gasteiger partial charge in [-0.1, -0.05) is 23.7 Å². The maximum Gasteiger partial charge on any atom is 0.0717 e. The minimum absolute atomic E-state index is 0.671. The van der Waals surface area contributed by atoms with Crippen LogP contribution in [0.5, 0.6) is 0 Å². The Morgan fingerprint density at radius 3 is 3.12 bits per heavy atom. The topological polar surface area (TPSA) is 21.3 Å². The molecule has 0 bridgehead atoms. The summed E-state index contributed by atoms with van der Waals surface area (Å²) < 4.78 is 5.78. The zero-order chi connectivity index (χ0) is 11.9. The smallest absolute Gasteiger partial charge is 0.0717 e. The SMILES string of the molecule is Clc1cccc(COCC2CCCNCC2)c1. The molecule has 0 radical (unpaired) electrons. The Morgan fingerprint density at radius 2 is 2.24 bits per heavy atom. The predicted octanol–water partition coefficient (Wildman–Crippen LogP) is 3.25. The van der Waals surface area contributed by atoms with E-state index in [9.17, 15) is 0 Å². The van der Waals surface area contributed by atoms with Crippen molar-refractivity contribution in [1.82, 2.24) is 5.32 Å². The maximum absolute atomic E-state index is 5.93. The molecule has 1 atom stereocenters. The van der Waals surface area contributed by atoms with E-state index in [-0.39, 0.29) is 0 Å². The number of hydrogen-bond donors (Lipinski definition) is 1. The van der Waals surface area contributed by atoms with Gasteiger partial charge in [0, 0.05) is 11.6 Å². The Kier molecular flexibility index (Phi) is 5.30. The number of nitrogens with one attached hydrogen (secondary N) is 1. The Labute approximate surface area is 108 Å². The van der Waals surface area contributed by atoms with Crippen molar-refractivity contribution in [3.63, 3.8) is 0 Å². The van der Waals surface area contributed by atoms with Crippen molar-refractivity contribution in [2.45, 2.75) is 25.9 Å². The van der Waals surface area contributed by atoms with Crippen LogP contribution in [0.3, 0.4) is 0 Å². The van der Waals surface area contributed by atoms with Gasteiger partial charge in [-0.05, 0) is 56.0 Å². The molecule has 2 rings (SSSR count). The highest BCUT2D eigenvalue weighted by Gasteiger charge is 2.11. The zero-order valence-corrected chi connectivity index (χ0v) is 10.9. The molecule has 1 N–H and O–H groups in total. The van der Waals surface area contributed by atoms with Crippen molar-refractivity contribution < 1.29 is 4.74 Å². The van der Waals surface area contributed by atoms with Crippen LogP contribution in [-0.4, -0.2) is 19.7 Å². The standard InChI is InChI=1S/C14H20ClNO/c15-14-5-1-3-13(9-14)11-17-10-12-4-2-7-16-8-6-12/h1,3,5,9,12,16H,2,4,6-8,10-11H2. The molecule has 1 fully saturated rings. The largest absolute Gasteiger partial charge is 0.376 e. The summed E-state index contributed by atoms with van der Waals surface area (Å²) >= 11 is 5.93. The number of ether oxygens (including phenoxy) is 1. The van der Waals surface area contributed by atoms with Gasteiger partial charge in [0.1, 0.15) is 0 Å². The van der Waals surface area contributed by atoms with Gasteiger partial charge in [0.2, 0.25) is 0 Å². The Hall–Kier alpha value is -0.570. The molecule has 94 valence electrons. The molecule has 3 heteroatoms. The van der Waals surface area contributed by atoms with Crippen molar-refractivity contribution in [3.8, 4) is 0 Å². The average molecular weight is 254 g/mol. The van der Waals surface area contributed by atoms with Crippen LogP contribution in [0.1, 0.15) is 24.8 Å². The first-order valence-corrected chi connectivity index (χ1v) is 6.75. The Morgan fingerprint density at radius 1 is 1.29 bits per heavy atom. The summed E-state index contributed by atoms with van der Waals surface area (Å²) in [6.45, 7) is 3.83. The number of hydrogen-bond acceptors (Lipinski definition) is 2. The van der Waals surface area contributed by atoms with Gasteiger partial charge in [0.15, 0.2) is 0 Å². The summed E-state index contributed by atoms with van der Waals surface area (Å²) in [5.74, 6) is 0.712. The van der Waals surface area contributed by atoms with Gasteiger partial charge < -0.3 is 10.1 Å². The van der Waals surface area contributed by atoms with Gasteiger partial charge in [-0.3, -0.25) is 0 Å². The Balaban J connectivity index is 1.71. The molecule has 0 aromatic heterocycles. The summed E-state index contributed by atoms with van der Waals surface area (Å²) in [5.41, 5.74) is 1.16. The molecule has 1 unspecified atom stereocenters. The highest BCUT2D eigenvalue weighted by atomic mass is 35.5. The molecule has 1 aromatic rings. The molecule has 17 heavy (non-hydrogen) atoms. The Bertz CT molecular complexity index is 335. The van der Waals surface area contributed by atoms with Crippen LogP contribution >= 0.6 is 11.6 Å². The first kappa shape index (κ1) is 12.9. The number of halogens is 1. The van der Waals surface area contributed by atoms with E-state index in [0.717, 1.165) is 30.3 Å². The average Bonchev–Trinajstić information content (AvgIpc) is 2.58. The normalized spacial score (nSPS) is 21.1. The van der Waals surface area contributed by atoms with E-state index in [4.69, 9.17) is 16.3 Å². The second-order valence-electron chi connectivity index (χ2n) is 4.69. The fourth-order valence-electron chi connectivity index (χ4n) is 2.23. The molecule has 1 heterocycles. The number of rotatable bonds is 4. The molecule has 1 saturated heterocycles. The highest BCUT2D eigenvalue weighted by Crippen LogP contribution is 2.16. The molecule has 0 spiro atoms. The van der Waals surface area contributed by atoms with Crippen molar-refractivity contribution in [1.29, 1.82) is 0 Å². The van der Waals surface area contributed by atoms with Crippen LogP contribution in [0.4, 0.5) is 0 Å². The van der Waals surface area contributed by atoms with Gasteiger partial charge in [0.05, 0.1) is 6.61 Å². The monoisotopic (exact) mass is 253 g/mol. The summed E-state index contributed by atoms with van der Waals surface area (Å²) in [7, 11) is 0. The third kappa shape index (κ3) is 4.66. The minimum Gasteiger partial charge on any atom is -0.376 e. The summed E-state index contributed by atoms with van der Waals surface area (Å²) in [4.78, 5) is 0. The van der Waals surface area contributed by atoms with E-state index in [1.807, 2.05) is 18.2 Å². The second kappa shape index (κ2) is 7.00. The lowest BCUT2D eigenvalue weighted by molar-refractivity contribution is 0.0829. The molecule has 0 amide bonds. The van der Waals surface area contributed by atoms with Crippen LogP contribution in [0.2, 0.25) is 5.02 Å².